The maximum atomic E-state index is 5.22. The minimum Gasteiger partial charge on any atom is -0.308 e. The van der Waals surface area contributed by atoms with Crippen LogP contribution in [0.25, 0.3) is 104 Å². The molecule has 0 aliphatic rings. The van der Waals surface area contributed by atoms with Crippen molar-refractivity contribution >= 4 is 75.8 Å². The number of para-hydroxylation sites is 2. The largest absolute Gasteiger partial charge is 0.308 e. The van der Waals surface area contributed by atoms with Crippen molar-refractivity contribution in [3.05, 3.63) is 176 Å². The molecule has 0 N–H and O–H groups in total. The van der Waals surface area contributed by atoms with Gasteiger partial charge in [0.05, 0.1) is 27.6 Å². The van der Waals surface area contributed by atoms with Gasteiger partial charge in [0.1, 0.15) is 0 Å². The zero-order valence-corrected chi connectivity index (χ0v) is 27.4. The highest BCUT2D eigenvalue weighted by Crippen LogP contribution is 2.43. The third-order valence-corrected chi connectivity index (χ3v) is 10.4. The van der Waals surface area contributed by atoms with E-state index in [0.29, 0.717) is 5.82 Å². The van der Waals surface area contributed by atoms with Gasteiger partial charge in [-0.15, -0.1) is 0 Å². The molecule has 234 valence electrons. The molecule has 0 bridgehead atoms. The summed E-state index contributed by atoms with van der Waals surface area (Å²) in [6, 6.07) is 65.1. The van der Waals surface area contributed by atoms with Crippen molar-refractivity contribution in [1.82, 2.24) is 14.5 Å². The van der Waals surface area contributed by atoms with E-state index in [-0.39, 0.29) is 0 Å². The lowest BCUT2D eigenvalue weighted by atomic mass is 9.94. The Bertz CT molecular complexity index is 3190. The SMILES string of the molecule is c1c2ccccc2c2c(c#1)c1c(c3ccccc32)c2ccccc2n1-c1ccc(-c2nc(-c3ccc4ccccc4c3)c3ccccc3n2)cc1. The number of aromatic nitrogens is 3. The number of rotatable bonds is 3. The van der Waals surface area contributed by atoms with Crippen molar-refractivity contribution in [2.24, 2.45) is 0 Å². The summed E-state index contributed by atoms with van der Waals surface area (Å²) in [7, 11) is 0. The zero-order valence-electron chi connectivity index (χ0n) is 27.4. The first-order valence-electron chi connectivity index (χ1n) is 17.3. The summed E-state index contributed by atoms with van der Waals surface area (Å²) in [6.45, 7) is 0. The summed E-state index contributed by atoms with van der Waals surface area (Å²) < 4.78 is 2.39. The third kappa shape index (κ3) is 4.14. The Morgan fingerprint density at radius 1 is 0.451 bits per heavy atom. The molecule has 2 aromatic heterocycles. The number of nitrogens with zero attached hydrogens (tertiary/aromatic N) is 3. The van der Waals surface area contributed by atoms with Gasteiger partial charge in [-0.3, -0.25) is 0 Å². The molecule has 0 spiro atoms. The van der Waals surface area contributed by atoms with Gasteiger partial charge in [0.25, 0.3) is 0 Å². The first-order chi connectivity index (χ1) is 25.3. The quantitative estimate of drug-likeness (QED) is 0.191. The smallest absolute Gasteiger partial charge is 0.160 e. The first kappa shape index (κ1) is 27.9. The molecule has 0 amide bonds. The molecule has 0 saturated carbocycles. The van der Waals surface area contributed by atoms with Crippen LogP contribution < -0.4 is 0 Å². The van der Waals surface area contributed by atoms with E-state index in [4.69, 9.17) is 9.97 Å². The Hall–Kier alpha value is -7.02. The Labute approximate surface area is 293 Å². The van der Waals surface area contributed by atoms with Gasteiger partial charge in [0.15, 0.2) is 5.82 Å². The molecular weight excluding hydrogens is 619 g/mol. The lowest BCUT2D eigenvalue weighted by Crippen LogP contribution is -1.97. The van der Waals surface area contributed by atoms with Crippen LogP contribution in [0.1, 0.15) is 0 Å². The van der Waals surface area contributed by atoms with E-state index in [0.717, 1.165) is 55.2 Å². The van der Waals surface area contributed by atoms with Gasteiger partial charge in [0.2, 0.25) is 0 Å². The van der Waals surface area contributed by atoms with Crippen LogP contribution >= 0.6 is 0 Å². The molecule has 0 fully saturated rings. The zero-order chi connectivity index (χ0) is 33.5. The van der Waals surface area contributed by atoms with E-state index in [1.165, 1.54) is 43.1 Å². The summed E-state index contributed by atoms with van der Waals surface area (Å²) >= 11 is 0. The maximum absolute atomic E-state index is 5.22. The Kier molecular flexibility index (Phi) is 5.87. The summed E-state index contributed by atoms with van der Waals surface area (Å²) in [4.78, 5) is 10.3. The van der Waals surface area contributed by atoms with Crippen molar-refractivity contribution in [3.63, 3.8) is 0 Å². The van der Waals surface area contributed by atoms with Crippen LogP contribution in [0.2, 0.25) is 0 Å². The molecule has 2 heterocycles. The average molecular weight is 646 g/mol. The highest BCUT2D eigenvalue weighted by atomic mass is 15.0. The molecule has 3 nitrogen and oxygen atoms in total. The molecule has 0 aliphatic heterocycles. The normalized spacial score (nSPS) is 11.8. The van der Waals surface area contributed by atoms with Crippen molar-refractivity contribution in [1.29, 1.82) is 0 Å². The second-order valence-electron chi connectivity index (χ2n) is 13.2. The molecule has 0 atom stereocenters. The minimum atomic E-state index is 0.705. The van der Waals surface area contributed by atoms with Gasteiger partial charge < -0.3 is 4.57 Å². The summed E-state index contributed by atoms with van der Waals surface area (Å²) in [5.41, 5.74) is 7.27. The lowest BCUT2D eigenvalue weighted by molar-refractivity contribution is 1.18. The lowest BCUT2D eigenvalue weighted by Gasteiger charge is -2.13. The van der Waals surface area contributed by atoms with E-state index >= 15 is 0 Å². The second-order valence-corrected chi connectivity index (χ2v) is 13.2. The van der Waals surface area contributed by atoms with Crippen LogP contribution in [0.4, 0.5) is 0 Å². The fourth-order valence-corrected chi connectivity index (χ4v) is 8.05. The Balaban J connectivity index is 1.14. The molecule has 0 aliphatic carbocycles. The molecule has 51 heavy (non-hydrogen) atoms. The van der Waals surface area contributed by atoms with Gasteiger partial charge in [-0.25, -0.2) is 9.97 Å². The Morgan fingerprint density at radius 3 is 1.94 bits per heavy atom. The monoisotopic (exact) mass is 645 g/mol. The van der Waals surface area contributed by atoms with Crippen LogP contribution in [-0.2, 0) is 0 Å². The average Bonchev–Trinajstić information content (AvgIpc) is 3.56. The number of hydrogen-bond donors (Lipinski definition) is 0. The summed E-state index contributed by atoms with van der Waals surface area (Å²) in [5, 5.41) is 12.9. The van der Waals surface area contributed by atoms with E-state index in [1.807, 2.05) is 6.07 Å². The van der Waals surface area contributed by atoms with E-state index in [2.05, 4.69) is 174 Å². The van der Waals surface area contributed by atoms with Crippen LogP contribution in [-0.4, -0.2) is 14.5 Å². The highest BCUT2D eigenvalue weighted by molar-refractivity contribution is 6.35. The predicted octanol–water partition coefficient (Wildman–Crippen LogP) is 12.3. The number of benzene rings is 8. The fraction of sp³-hybridized carbons (Fsp3) is 0. The first-order valence-corrected chi connectivity index (χ1v) is 17.3. The van der Waals surface area contributed by atoms with Gasteiger partial charge in [0, 0.05) is 43.7 Å². The summed E-state index contributed by atoms with van der Waals surface area (Å²) in [6.07, 6.45) is 0. The van der Waals surface area contributed by atoms with Crippen LogP contribution in [0.15, 0.2) is 164 Å². The highest BCUT2D eigenvalue weighted by Gasteiger charge is 2.20. The summed E-state index contributed by atoms with van der Waals surface area (Å²) in [5.74, 6) is 0.705. The van der Waals surface area contributed by atoms with Gasteiger partial charge in [-0.05, 0) is 75.5 Å². The molecule has 11 aromatic rings. The molecule has 0 unspecified atom stereocenters. The standard InChI is InChI=1S/C48H27N3/c1-2-13-33-29-34(22-21-30(33)11-1)46-39-17-7-9-19-42(39)49-48(50-46)32-23-26-35(27-24-32)51-43-20-10-8-18-40(43)45-38-16-6-5-15-37(38)44-36-14-4-3-12-31(36)25-28-41(44)47(45)51/h1-24,26-27,29H. The Morgan fingerprint density at radius 2 is 1.10 bits per heavy atom. The minimum absolute atomic E-state index is 0.705. The predicted molar refractivity (Wildman–Crippen MR) is 212 cm³/mol. The van der Waals surface area contributed by atoms with Crippen molar-refractivity contribution in [3.8, 4) is 28.3 Å². The van der Waals surface area contributed by atoms with E-state index in [9.17, 15) is 0 Å². The fourth-order valence-electron chi connectivity index (χ4n) is 8.05. The van der Waals surface area contributed by atoms with Crippen molar-refractivity contribution in [2.75, 3.05) is 0 Å². The molecular formula is C48H27N3. The van der Waals surface area contributed by atoms with Crippen LogP contribution in [0.5, 0.6) is 0 Å². The maximum Gasteiger partial charge on any atom is 0.160 e. The van der Waals surface area contributed by atoms with Crippen LogP contribution in [0.3, 0.4) is 0 Å². The van der Waals surface area contributed by atoms with Crippen molar-refractivity contribution in [2.45, 2.75) is 0 Å². The number of fused-ring (bicyclic) bond motifs is 12. The van der Waals surface area contributed by atoms with E-state index in [1.54, 1.807) is 0 Å². The van der Waals surface area contributed by atoms with Gasteiger partial charge in [-0.2, -0.15) is 0 Å². The molecule has 0 radical (unpaired) electrons. The van der Waals surface area contributed by atoms with E-state index < -0.39 is 0 Å². The molecule has 0 saturated heterocycles. The third-order valence-electron chi connectivity index (χ3n) is 10.4. The topological polar surface area (TPSA) is 30.7 Å². The van der Waals surface area contributed by atoms with Gasteiger partial charge in [-0.1, -0.05) is 127 Å². The molecule has 3 heteroatoms. The number of hydrogen-bond acceptors (Lipinski definition) is 2. The van der Waals surface area contributed by atoms with Crippen LogP contribution in [0, 0.1) is 12.1 Å². The van der Waals surface area contributed by atoms with Crippen molar-refractivity contribution < 1.29 is 0 Å². The molecule has 11 rings (SSSR count). The molecule has 9 aromatic carbocycles. The second kappa shape index (κ2) is 10.7. The van der Waals surface area contributed by atoms with Gasteiger partial charge >= 0.3 is 0 Å².